The molecule has 0 spiro atoms. The van der Waals surface area contributed by atoms with Crippen LogP contribution in [0.15, 0.2) is 18.2 Å². The summed E-state index contributed by atoms with van der Waals surface area (Å²) in [7, 11) is 0. The van der Waals surface area contributed by atoms with E-state index >= 15 is 0 Å². The van der Waals surface area contributed by atoms with E-state index in [0.29, 0.717) is 19.6 Å². The Hall–Kier alpha value is -1.71. The Balaban J connectivity index is 1.99. The van der Waals surface area contributed by atoms with Gasteiger partial charge < -0.3 is 14.8 Å². The van der Waals surface area contributed by atoms with Gasteiger partial charge in [0.05, 0.1) is 6.42 Å². The van der Waals surface area contributed by atoms with E-state index in [1.807, 2.05) is 25.1 Å². The topological polar surface area (TPSA) is 47.6 Å². The summed E-state index contributed by atoms with van der Waals surface area (Å²) < 4.78 is 10.9. The number of rotatable bonds is 4. The van der Waals surface area contributed by atoms with Gasteiger partial charge in [-0.25, -0.2) is 0 Å². The normalized spacial score (nSPS) is 15.0. The highest BCUT2D eigenvalue weighted by Crippen LogP contribution is 2.30. The fraction of sp³-hybridized carbons (Fsp3) is 0.500. The first-order valence-corrected chi connectivity index (χ1v) is 6.37. The third-order valence-electron chi connectivity index (χ3n) is 2.99. The van der Waals surface area contributed by atoms with Crippen molar-refractivity contribution in [3.05, 3.63) is 23.8 Å². The summed E-state index contributed by atoms with van der Waals surface area (Å²) in [6, 6.07) is 5.86. The summed E-state index contributed by atoms with van der Waals surface area (Å²) in [4.78, 5) is 11.8. The number of nitrogens with one attached hydrogen (secondary N) is 1. The molecule has 0 unspecified atom stereocenters. The van der Waals surface area contributed by atoms with Gasteiger partial charge in [0, 0.05) is 6.04 Å². The van der Waals surface area contributed by atoms with Crippen LogP contribution >= 0.6 is 0 Å². The molecule has 0 radical (unpaired) electrons. The fourth-order valence-corrected chi connectivity index (χ4v) is 1.81. The van der Waals surface area contributed by atoms with Crippen LogP contribution in [0.2, 0.25) is 0 Å². The summed E-state index contributed by atoms with van der Waals surface area (Å²) >= 11 is 0. The van der Waals surface area contributed by atoms with Gasteiger partial charge in [-0.1, -0.05) is 13.0 Å². The highest BCUT2D eigenvalue weighted by atomic mass is 16.6. The first-order valence-electron chi connectivity index (χ1n) is 6.37. The molecule has 2 rings (SSSR count). The molecule has 0 fully saturated rings. The van der Waals surface area contributed by atoms with E-state index in [2.05, 4.69) is 12.2 Å². The lowest BCUT2D eigenvalue weighted by molar-refractivity contribution is -0.121. The monoisotopic (exact) mass is 249 g/mol. The molecule has 4 heteroatoms. The van der Waals surface area contributed by atoms with Gasteiger partial charge in [-0.3, -0.25) is 4.79 Å². The van der Waals surface area contributed by atoms with Gasteiger partial charge in [-0.05, 0) is 31.0 Å². The van der Waals surface area contributed by atoms with E-state index < -0.39 is 0 Å². The molecule has 18 heavy (non-hydrogen) atoms. The summed E-state index contributed by atoms with van der Waals surface area (Å²) in [5, 5.41) is 2.95. The largest absolute Gasteiger partial charge is 0.486 e. The van der Waals surface area contributed by atoms with Crippen LogP contribution in [-0.4, -0.2) is 25.2 Å². The SMILES string of the molecule is CC[C@H](C)NC(=O)Cc1ccc2c(c1)OCCO2. The maximum atomic E-state index is 11.8. The Bertz CT molecular complexity index is 431. The number of hydrogen-bond acceptors (Lipinski definition) is 3. The zero-order chi connectivity index (χ0) is 13.0. The molecule has 98 valence electrons. The quantitative estimate of drug-likeness (QED) is 0.886. The third-order valence-corrected chi connectivity index (χ3v) is 2.99. The number of carbonyl (C=O) groups excluding carboxylic acids is 1. The molecule has 1 aliphatic rings. The third kappa shape index (κ3) is 3.15. The van der Waals surface area contributed by atoms with Crippen molar-refractivity contribution in [2.75, 3.05) is 13.2 Å². The number of benzene rings is 1. The molecule has 0 bridgehead atoms. The van der Waals surface area contributed by atoms with Crippen molar-refractivity contribution in [1.29, 1.82) is 0 Å². The van der Waals surface area contributed by atoms with Crippen LogP contribution < -0.4 is 14.8 Å². The second-order valence-electron chi connectivity index (χ2n) is 4.53. The van der Waals surface area contributed by atoms with Crippen LogP contribution in [0.4, 0.5) is 0 Å². The fourth-order valence-electron chi connectivity index (χ4n) is 1.81. The molecule has 1 aliphatic heterocycles. The lowest BCUT2D eigenvalue weighted by Gasteiger charge is -2.19. The Morgan fingerprint density at radius 1 is 1.33 bits per heavy atom. The molecule has 4 nitrogen and oxygen atoms in total. The Labute approximate surface area is 107 Å². The smallest absolute Gasteiger partial charge is 0.224 e. The zero-order valence-electron chi connectivity index (χ0n) is 10.9. The number of hydrogen-bond donors (Lipinski definition) is 1. The molecule has 1 atom stereocenters. The average molecular weight is 249 g/mol. The van der Waals surface area contributed by atoms with Gasteiger partial charge in [0.25, 0.3) is 0 Å². The van der Waals surface area contributed by atoms with Crippen molar-refractivity contribution in [2.45, 2.75) is 32.7 Å². The molecule has 0 aromatic heterocycles. The van der Waals surface area contributed by atoms with Crippen LogP contribution in [0.1, 0.15) is 25.8 Å². The van der Waals surface area contributed by atoms with E-state index in [0.717, 1.165) is 23.5 Å². The van der Waals surface area contributed by atoms with Crippen molar-refractivity contribution >= 4 is 5.91 Å². The van der Waals surface area contributed by atoms with Crippen LogP contribution in [0.25, 0.3) is 0 Å². The molecule has 0 saturated heterocycles. The predicted molar refractivity (Wildman–Crippen MR) is 69.0 cm³/mol. The molecule has 1 aromatic rings. The second kappa shape index (κ2) is 5.76. The van der Waals surface area contributed by atoms with Crippen molar-refractivity contribution in [3.8, 4) is 11.5 Å². The molecule has 1 N–H and O–H groups in total. The van der Waals surface area contributed by atoms with Gasteiger partial charge >= 0.3 is 0 Å². The molecule has 1 heterocycles. The molecule has 0 saturated carbocycles. The van der Waals surface area contributed by atoms with Crippen molar-refractivity contribution in [3.63, 3.8) is 0 Å². The predicted octanol–water partition coefficient (Wildman–Crippen LogP) is 1.92. The Morgan fingerprint density at radius 3 is 2.78 bits per heavy atom. The molecule has 1 aromatic carbocycles. The molecule has 0 aliphatic carbocycles. The summed E-state index contributed by atoms with van der Waals surface area (Å²) in [6.45, 7) is 5.20. The number of fused-ring (bicyclic) bond motifs is 1. The zero-order valence-corrected chi connectivity index (χ0v) is 10.9. The molecular weight excluding hydrogens is 230 g/mol. The van der Waals surface area contributed by atoms with E-state index in [1.54, 1.807) is 0 Å². The lowest BCUT2D eigenvalue weighted by Crippen LogP contribution is -2.33. The van der Waals surface area contributed by atoms with Crippen LogP contribution in [0, 0.1) is 0 Å². The number of amides is 1. The lowest BCUT2D eigenvalue weighted by atomic mass is 10.1. The number of ether oxygens (including phenoxy) is 2. The first kappa shape index (κ1) is 12.7. The minimum atomic E-state index is 0.0426. The molecule has 1 amide bonds. The van der Waals surface area contributed by atoms with Crippen LogP contribution in [-0.2, 0) is 11.2 Å². The first-order chi connectivity index (χ1) is 8.69. The van der Waals surface area contributed by atoms with Crippen molar-refractivity contribution in [1.82, 2.24) is 5.32 Å². The molecular formula is C14H19NO3. The Morgan fingerprint density at radius 2 is 2.06 bits per heavy atom. The van der Waals surface area contributed by atoms with Crippen LogP contribution in [0.3, 0.4) is 0 Å². The second-order valence-corrected chi connectivity index (χ2v) is 4.53. The van der Waals surface area contributed by atoms with Gasteiger partial charge in [0.2, 0.25) is 5.91 Å². The Kier molecular flexibility index (Phi) is 4.07. The average Bonchev–Trinajstić information content (AvgIpc) is 2.38. The van der Waals surface area contributed by atoms with E-state index in [4.69, 9.17) is 9.47 Å². The summed E-state index contributed by atoms with van der Waals surface area (Å²) in [5.41, 5.74) is 0.944. The van der Waals surface area contributed by atoms with Crippen LogP contribution in [0.5, 0.6) is 11.5 Å². The minimum absolute atomic E-state index is 0.0426. The van der Waals surface area contributed by atoms with Gasteiger partial charge in [-0.2, -0.15) is 0 Å². The van der Waals surface area contributed by atoms with Crippen molar-refractivity contribution < 1.29 is 14.3 Å². The van der Waals surface area contributed by atoms with E-state index in [9.17, 15) is 4.79 Å². The van der Waals surface area contributed by atoms with Gasteiger partial charge in [0.1, 0.15) is 13.2 Å². The highest BCUT2D eigenvalue weighted by Gasteiger charge is 2.13. The highest BCUT2D eigenvalue weighted by molar-refractivity contribution is 5.79. The van der Waals surface area contributed by atoms with Gasteiger partial charge in [-0.15, -0.1) is 0 Å². The maximum absolute atomic E-state index is 11.8. The standard InChI is InChI=1S/C14H19NO3/c1-3-10(2)15-14(16)9-11-4-5-12-13(8-11)18-7-6-17-12/h4-5,8,10H,3,6-7,9H2,1-2H3,(H,15,16)/t10-/m0/s1. The van der Waals surface area contributed by atoms with Gasteiger partial charge in [0.15, 0.2) is 11.5 Å². The van der Waals surface area contributed by atoms with E-state index in [1.165, 1.54) is 0 Å². The maximum Gasteiger partial charge on any atom is 0.224 e. The number of carbonyl (C=O) groups is 1. The minimum Gasteiger partial charge on any atom is -0.486 e. The van der Waals surface area contributed by atoms with Crippen molar-refractivity contribution in [2.24, 2.45) is 0 Å². The summed E-state index contributed by atoms with van der Waals surface area (Å²) in [5.74, 6) is 1.53. The summed E-state index contributed by atoms with van der Waals surface area (Å²) in [6.07, 6.45) is 1.31. The van der Waals surface area contributed by atoms with E-state index in [-0.39, 0.29) is 11.9 Å².